The number of carbonyl (C=O) groups excluding carboxylic acids is 1. The molecule has 0 radical (unpaired) electrons. The predicted molar refractivity (Wildman–Crippen MR) is 127 cm³/mol. The number of pyridine rings is 1. The van der Waals surface area contributed by atoms with Crippen LogP contribution in [0, 0.1) is 0 Å². The van der Waals surface area contributed by atoms with Crippen LogP contribution in [-0.4, -0.2) is 61.2 Å². The smallest absolute Gasteiger partial charge is 0.255 e. The van der Waals surface area contributed by atoms with Crippen LogP contribution in [0.3, 0.4) is 0 Å². The quantitative estimate of drug-likeness (QED) is 0.649. The maximum Gasteiger partial charge on any atom is 0.255 e. The fraction of sp³-hybridized carbons (Fsp3) is 0.385. The number of para-hydroxylation sites is 1. The normalized spacial score (nSPS) is 19.4. The molecule has 0 saturated carbocycles. The second-order valence-electron chi connectivity index (χ2n) is 8.67. The zero-order chi connectivity index (χ0) is 21.8. The molecule has 3 aromatic rings. The molecule has 1 aromatic heterocycles. The number of nitrogens with one attached hydrogen (secondary N) is 1. The summed E-state index contributed by atoms with van der Waals surface area (Å²) >= 11 is 0. The molecule has 5 rings (SSSR count). The third-order valence-corrected chi connectivity index (χ3v) is 6.32. The van der Waals surface area contributed by atoms with Gasteiger partial charge in [-0.05, 0) is 30.5 Å². The van der Waals surface area contributed by atoms with Gasteiger partial charge in [-0.25, -0.2) is 4.98 Å². The third kappa shape index (κ3) is 4.76. The number of morpholine rings is 1. The molecule has 2 saturated heterocycles. The van der Waals surface area contributed by atoms with Gasteiger partial charge in [0, 0.05) is 44.7 Å². The number of aromatic nitrogens is 1. The second-order valence-corrected chi connectivity index (χ2v) is 8.67. The van der Waals surface area contributed by atoms with Crippen molar-refractivity contribution in [3.05, 3.63) is 71.8 Å². The number of carbonyl (C=O) groups is 1. The summed E-state index contributed by atoms with van der Waals surface area (Å²) in [5, 5.41) is 4.11. The summed E-state index contributed by atoms with van der Waals surface area (Å²) in [5.74, 6) is 0.725. The van der Waals surface area contributed by atoms with Crippen molar-refractivity contribution in [2.24, 2.45) is 0 Å². The van der Waals surface area contributed by atoms with Crippen LogP contribution < -0.4 is 10.2 Å². The minimum Gasteiger partial charge on any atom is -0.374 e. The number of amides is 1. The molecule has 0 bridgehead atoms. The first-order chi connectivity index (χ1) is 15.8. The van der Waals surface area contributed by atoms with Gasteiger partial charge in [0.25, 0.3) is 5.91 Å². The van der Waals surface area contributed by atoms with Gasteiger partial charge in [-0.2, -0.15) is 0 Å². The Balaban J connectivity index is 1.27. The minimum absolute atomic E-state index is 0.0138. The second kappa shape index (κ2) is 9.67. The molecule has 1 atom stereocenters. The number of hydrogen-bond donors (Lipinski definition) is 1. The summed E-state index contributed by atoms with van der Waals surface area (Å²) in [6.45, 7) is 5.71. The van der Waals surface area contributed by atoms with Crippen molar-refractivity contribution in [2.75, 3.05) is 44.2 Å². The van der Waals surface area contributed by atoms with Crippen LogP contribution in [0.4, 0.5) is 5.82 Å². The van der Waals surface area contributed by atoms with Gasteiger partial charge in [0.15, 0.2) is 0 Å². The lowest BCUT2D eigenvalue weighted by atomic mass is 10.1. The monoisotopic (exact) mass is 430 g/mol. The average Bonchev–Trinajstić information content (AvgIpc) is 3.37. The van der Waals surface area contributed by atoms with Crippen LogP contribution >= 0.6 is 0 Å². The predicted octanol–water partition coefficient (Wildman–Crippen LogP) is 3.47. The molecular formula is C26H30N4O2. The zero-order valence-corrected chi connectivity index (χ0v) is 18.4. The van der Waals surface area contributed by atoms with Gasteiger partial charge in [0.1, 0.15) is 5.82 Å². The molecule has 6 nitrogen and oxygen atoms in total. The van der Waals surface area contributed by atoms with E-state index in [4.69, 9.17) is 9.72 Å². The van der Waals surface area contributed by atoms with Crippen molar-refractivity contribution >= 4 is 22.6 Å². The molecule has 1 N–H and O–H groups in total. The van der Waals surface area contributed by atoms with E-state index in [-0.39, 0.29) is 12.0 Å². The van der Waals surface area contributed by atoms with Crippen molar-refractivity contribution in [3.63, 3.8) is 0 Å². The van der Waals surface area contributed by atoms with Gasteiger partial charge in [0.2, 0.25) is 0 Å². The average molecular weight is 431 g/mol. The Morgan fingerprint density at radius 2 is 1.81 bits per heavy atom. The Morgan fingerprint density at radius 1 is 1.03 bits per heavy atom. The molecule has 2 aliphatic rings. The lowest BCUT2D eigenvalue weighted by Gasteiger charge is -2.33. The van der Waals surface area contributed by atoms with Crippen LogP contribution in [0.25, 0.3) is 10.9 Å². The first kappa shape index (κ1) is 20.9. The highest BCUT2D eigenvalue weighted by atomic mass is 16.5. The molecule has 3 heterocycles. The van der Waals surface area contributed by atoms with E-state index in [0.717, 1.165) is 62.3 Å². The molecular weight excluding hydrogens is 400 g/mol. The number of rotatable bonds is 6. The minimum atomic E-state index is -0.0751. The molecule has 1 amide bonds. The van der Waals surface area contributed by atoms with E-state index in [2.05, 4.69) is 39.4 Å². The van der Waals surface area contributed by atoms with E-state index in [0.29, 0.717) is 18.7 Å². The summed E-state index contributed by atoms with van der Waals surface area (Å²) in [6, 6.07) is 20.5. The van der Waals surface area contributed by atoms with Gasteiger partial charge in [-0.3, -0.25) is 9.69 Å². The highest BCUT2D eigenvalue weighted by molar-refractivity contribution is 6.02. The molecule has 6 heteroatoms. The van der Waals surface area contributed by atoms with E-state index < -0.39 is 0 Å². The Kier molecular flexibility index (Phi) is 6.32. The van der Waals surface area contributed by atoms with Crippen LogP contribution in [0.2, 0.25) is 0 Å². The Bertz CT molecular complexity index is 1070. The number of anilines is 1. The standard InChI is InChI=1S/C26H30N4O2/c31-26(27-17-22-19-29(14-15-32-22)18-20-8-2-1-3-9-20)23-16-21-10-4-5-11-24(21)28-25(23)30-12-6-7-13-30/h1-5,8-11,16,22H,6-7,12-15,17-19H2,(H,27,31). The largest absolute Gasteiger partial charge is 0.374 e. The van der Waals surface area contributed by atoms with Crippen LogP contribution in [0.1, 0.15) is 28.8 Å². The summed E-state index contributed by atoms with van der Waals surface area (Å²) in [7, 11) is 0. The molecule has 0 spiro atoms. The van der Waals surface area contributed by atoms with E-state index in [1.807, 2.05) is 36.4 Å². The Labute approximate surface area is 189 Å². The maximum absolute atomic E-state index is 13.2. The van der Waals surface area contributed by atoms with Crippen LogP contribution in [0.15, 0.2) is 60.7 Å². The van der Waals surface area contributed by atoms with E-state index in [1.54, 1.807) is 0 Å². The van der Waals surface area contributed by atoms with E-state index in [9.17, 15) is 4.79 Å². The summed E-state index contributed by atoms with van der Waals surface area (Å²) in [4.78, 5) is 22.7. The lowest BCUT2D eigenvalue weighted by molar-refractivity contribution is -0.0292. The van der Waals surface area contributed by atoms with Gasteiger partial charge < -0.3 is 15.0 Å². The van der Waals surface area contributed by atoms with Gasteiger partial charge in [-0.1, -0.05) is 48.5 Å². The Hall–Kier alpha value is -2.96. The Morgan fingerprint density at radius 3 is 2.66 bits per heavy atom. The van der Waals surface area contributed by atoms with Crippen molar-refractivity contribution in [2.45, 2.75) is 25.5 Å². The summed E-state index contributed by atoms with van der Waals surface area (Å²) in [5.41, 5.74) is 2.88. The molecule has 32 heavy (non-hydrogen) atoms. The third-order valence-electron chi connectivity index (χ3n) is 6.32. The zero-order valence-electron chi connectivity index (χ0n) is 18.4. The number of nitrogens with zero attached hydrogens (tertiary/aromatic N) is 3. The van der Waals surface area contributed by atoms with Crippen molar-refractivity contribution in [3.8, 4) is 0 Å². The van der Waals surface area contributed by atoms with Gasteiger partial charge in [-0.15, -0.1) is 0 Å². The van der Waals surface area contributed by atoms with Gasteiger partial charge >= 0.3 is 0 Å². The first-order valence-corrected chi connectivity index (χ1v) is 11.6. The molecule has 2 fully saturated rings. The van der Waals surface area contributed by atoms with E-state index >= 15 is 0 Å². The SMILES string of the molecule is O=C(NCC1CN(Cc2ccccc2)CCO1)c1cc2ccccc2nc1N1CCCC1. The summed E-state index contributed by atoms with van der Waals surface area (Å²) < 4.78 is 5.95. The van der Waals surface area contributed by atoms with Crippen LogP contribution in [0.5, 0.6) is 0 Å². The highest BCUT2D eigenvalue weighted by Gasteiger charge is 2.24. The van der Waals surface area contributed by atoms with Crippen molar-refractivity contribution in [1.29, 1.82) is 0 Å². The van der Waals surface area contributed by atoms with Crippen LogP contribution in [-0.2, 0) is 11.3 Å². The maximum atomic E-state index is 13.2. The van der Waals surface area contributed by atoms with Crippen molar-refractivity contribution in [1.82, 2.24) is 15.2 Å². The molecule has 0 aliphatic carbocycles. The topological polar surface area (TPSA) is 57.7 Å². The first-order valence-electron chi connectivity index (χ1n) is 11.6. The highest BCUT2D eigenvalue weighted by Crippen LogP contribution is 2.26. The molecule has 2 aliphatic heterocycles. The number of ether oxygens (including phenoxy) is 1. The van der Waals surface area contributed by atoms with E-state index in [1.165, 1.54) is 5.56 Å². The molecule has 2 aromatic carbocycles. The number of fused-ring (bicyclic) bond motifs is 1. The molecule has 1 unspecified atom stereocenters. The number of hydrogen-bond acceptors (Lipinski definition) is 5. The molecule has 166 valence electrons. The lowest BCUT2D eigenvalue weighted by Crippen LogP contribution is -2.47. The fourth-order valence-electron chi connectivity index (χ4n) is 4.63. The number of benzene rings is 2. The fourth-order valence-corrected chi connectivity index (χ4v) is 4.63. The van der Waals surface area contributed by atoms with Gasteiger partial charge in [0.05, 0.1) is 23.8 Å². The van der Waals surface area contributed by atoms with Crippen molar-refractivity contribution < 1.29 is 9.53 Å². The summed E-state index contributed by atoms with van der Waals surface area (Å²) in [6.07, 6.45) is 2.27.